The number of anilines is 1. The van der Waals surface area contributed by atoms with Crippen LogP contribution in [0.25, 0.3) is 5.57 Å². The van der Waals surface area contributed by atoms with Gasteiger partial charge in [0, 0.05) is 12.0 Å². The molecule has 0 bridgehead atoms. The summed E-state index contributed by atoms with van der Waals surface area (Å²) in [5, 5.41) is 0. The van der Waals surface area contributed by atoms with Gasteiger partial charge in [0.1, 0.15) is 5.75 Å². The second-order valence-electron chi connectivity index (χ2n) is 6.48. The molecule has 3 nitrogen and oxygen atoms in total. The quantitative estimate of drug-likeness (QED) is 0.813. The zero-order valence-corrected chi connectivity index (χ0v) is 14.4. The highest BCUT2D eigenvalue weighted by molar-refractivity contribution is 6.03. The number of nitrogens with zero attached hydrogens (tertiary/aromatic N) is 1. The Morgan fingerprint density at radius 2 is 1.88 bits per heavy atom. The molecule has 126 valence electrons. The van der Waals surface area contributed by atoms with Crippen molar-refractivity contribution < 1.29 is 9.53 Å². The lowest BCUT2D eigenvalue weighted by atomic mass is 9.91. The molecule has 2 aromatic carbocycles. The van der Waals surface area contributed by atoms with Crippen molar-refractivity contribution in [3.63, 3.8) is 0 Å². The number of fused-ring (bicyclic) bond motifs is 2. The first-order valence-corrected chi connectivity index (χ1v) is 8.67. The van der Waals surface area contributed by atoms with Gasteiger partial charge in [-0.1, -0.05) is 48.1 Å². The molecule has 25 heavy (non-hydrogen) atoms. The highest BCUT2D eigenvalue weighted by Gasteiger charge is 2.27. The molecular weight excluding hydrogens is 310 g/mol. The number of carbonyl (C=O) groups is 1. The van der Waals surface area contributed by atoms with Crippen LogP contribution in [0.3, 0.4) is 0 Å². The first-order valence-electron chi connectivity index (χ1n) is 8.67. The summed E-state index contributed by atoms with van der Waals surface area (Å²) < 4.78 is 5.23. The number of para-hydroxylation sites is 1. The lowest BCUT2D eigenvalue weighted by molar-refractivity contribution is -0.118. The molecule has 0 fully saturated rings. The SMILES string of the molecule is COc1ccc(CN2C(=O)CC3=C(C=CCC3)c3ccccc32)cc1. The molecule has 0 aromatic heterocycles. The second kappa shape index (κ2) is 6.60. The van der Waals surface area contributed by atoms with E-state index in [2.05, 4.69) is 24.3 Å². The van der Waals surface area contributed by atoms with Gasteiger partial charge in [-0.15, -0.1) is 0 Å². The minimum atomic E-state index is 0.170. The number of methoxy groups -OCH3 is 1. The van der Waals surface area contributed by atoms with Crippen molar-refractivity contribution in [2.75, 3.05) is 12.0 Å². The Balaban J connectivity index is 1.73. The smallest absolute Gasteiger partial charge is 0.231 e. The van der Waals surface area contributed by atoms with E-state index in [9.17, 15) is 4.79 Å². The third-order valence-electron chi connectivity index (χ3n) is 4.93. The van der Waals surface area contributed by atoms with Crippen molar-refractivity contribution in [1.82, 2.24) is 0 Å². The highest BCUT2D eigenvalue weighted by Crippen LogP contribution is 2.39. The van der Waals surface area contributed by atoms with Crippen LogP contribution in [0.5, 0.6) is 5.75 Å². The molecule has 2 aromatic rings. The number of ether oxygens (including phenoxy) is 1. The Morgan fingerprint density at radius 1 is 1.08 bits per heavy atom. The van der Waals surface area contributed by atoms with Crippen LogP contribution in [0.15, 0.2) is 66.3 Å². The van der Waals surface area contributed by atoms with Crippen molar-refractivity contribution in [1.29, 1.82) is 0 Å². The van der Waals surface area contributed by atoms with Crippen molar-refractivity contribution >= 4 is 17.2 Å². The van der Waals surface area contributed by atoms with Crippen LogP contribution in [-0.4, -0.2) is 13.0 Å². The van der Waals surface area contributed by atoms with Crippen LogP contribution in [0.1, 0.15) is 30.4 Å². The van der Waals surface area contributed by atoms with Gasteiger partial charge >= 0.3 is 0 Å². The Morgan fingerprint density at radius 3 is 2.68 bits per heavy atom. The van der Waals surface area contributed by atoms with Crippen molar-refractivity contribution in [2.24, 2.45) is 0 Å². The fraction of sp³-hybridized carbons (Fsp3) is 0.227. The Kier molecular flexibility index (Phi) is 4.14. The van der Waals surface area contributed by atoms with E-state index in [-0.39, 0.29) is 5.91 Å². The summed E-state index contributed by atoms with van der Waals surface area (Å²) in [6.07, 6.45) is 6.89. The van der Waals surface area contributed by atoms with Gasteiger partial charge in [-0.05, 0) is 42.2 Å². The standard InChI is InChI=1S/C22H21NO2/c1-25-18-12-10-16(11-13-18)15-23-21-9-5-4-8-20(21)19-7-3-2-6-17(19)14-22(23)24/h3-5,7-13H,2,6,14-15H2,1H3. The molecule has 4 rings (SSSR count). The summed E-state index contributed by atoms with van der Waals surface area (Å²) in [6.45, 7) is 0.574. The number of amides is 1. The molecule has 1 amide bonds. The zero-order valence-electron chi connectivity index (χ0n) is 14.4. The maximum absolute atomic E-state index is 13.0. The molecule has 0 radical (unpaired) electrons. The Labute approximate surface area is 148 Å². The van der Waals surface area contributed by atoms with E-state index >= 15 is 0 Å². The number of benzene rings is 2. The van der Waals surface area contributed by atoms with E-state index in [1.54, 1.807) is 7.11 Å². The van der Waals surface area contributed by atoms with E-state index in [4.69, 9.17) is 4.74 Å². The highest BCUT2D eigenvalue weighted by atomic mass is 16.5. The molecule has 2 aliphatic rings. The van der Waals surface area contributed by atoms with Gasteiger partial charge in [0.05, 0.1) is 19.3 Å². The van der Waals surface area contributed by atoms with Gasteiger partial charge in [0.2, 0.25) is 5.91 Å². The van der Waals surface area contributed by atoms with Gasteiger partial charge < -0.3 is 9.64 Å². The van der Waals surface area contributed by atoms with Gasteiger partial charge in [0.25, 0.3) is 0 Å². The van der Waals surface area contributed by atoms with E-state index in [0.29, 0.717) is 13.0 Å². The lowest BCUT2D eigenvalue weighted by Crippen LogP contribution is -2.30. The zero-order chi connectivity index (χ0) is 17.2. The monoisotopic (exact) mass is 331 g/mol. The van der Waals surface area contributed by atoms with Crippen LogP contribution < -0.4 is 9.64 Å². The fourth-order valence-corrected chi connectivity index (χ4v) is 3.61. The van der Waals surface area contributed by atoms with Crippen LogP contribution >= 0.6 is 0 Å². The van der Waals surface area contributed by atoms with E-state index in [1.807, 2.05) is 41.3 Å². The molecule has 0 saturated heterocycles. The predicted molar refractivity (Wildman–Crippen MR) is 101 cm³/mol. The number of hydrogen-bond acceptors (Lipinski definition) is 2. The number of carbonyl (C=O) groups excluding carboxylic acids is 1. The largest absolute Gasteiger partial charge is 0.497 e. The lowest BCUT2D eigenvalue weighted by Gasteiger charge is -2.23. The third-order valence-corrected chi connectivity index (χ3v) is 4.93. The van der Waals surface area contributed by atoms with Gasteiger partial charge in [-0.2, -0.15) is 0 Å². The van der Waals surface area contributed by atoms with Crippen molar-refractivity contribution in [3.05, 3.63) is 77.4 Å². The van der Waals surface area contributed by atoms with Crippen LogP contribution in [0.4, 0.5) is 5.69 Å². The maximum Gasteiger partial charge on any atom is 0.231 e. The second-order valence-corrected chi connectivity index (χ2v) is 6.48. The molecular formula is C22H21NO2. The van der Waals surface area contributed by atoms with Gasteiger partial charge in [-0.3, -0.25) is 4.79 Å². The van der Waals surface area contributed by atoms with E-state index in [0.717, 1.165) is 35.4 Å². The Hall–Kier alpha value is -2.81. The van der Waals surface area contributed by atoms with Crippen LogP contribution in [0, 0.1) is 0 Å². The number of allylic oxidation sites excluding steroid dienone is 3. The predicted octanol–water partition coefficient (Wildman–Crippen LogP) is 4.74. The van der Waals surface area contributed by atoms with E-state index in [1.165, 1.54) is 11.1 Å². The summed E-state index contributed by atoms with van der Waals surface area (Å²) >= 11 is 0. The van der Waals surface area contributed by atoms with Gasteiger partial charge in [0.15, 0.2) is 0 Å². The third kappa shape index (κ3) is 2.98. The summed E-state index contributed by atoms with van der Waals surface area (Å²) in [5.41, 5.74) is 5.75. The molecule has 1 heterocycles. The first-order chi connectivity index (χ1) is 12.3. The topological polar surface area (TPSA) is 29.5 Å². The molecule has 0 saturated carbocycles. The average molecular weight is 331 g/mol. The van der Waals surface area contributed by atoms with Crippen molar-refractivity contribution in [2.45, 2.75) is 25.8 Å². The molecule has 3 heteroatoms. The van der Waals surface area contributed by atoms with Crippen LogP contribution in [-0.2, 0) is 11.3 Å². The number of hydrogen-bond donors (Lipinski definition) is 0. The minimum Gasteiger partial charge on any atom is -0.497 e. The molecule has 1 aliphatic heterocycles. The fourth-order valence-electron chi connectivity index (χ4n) is 3.61. The maximum atomic E-state index is 13.0. The molecule has 0 unspecified atom stereocenters. The summed E-state index contributed by atoms with van der Waals surface area (Å²) in [7, 11) is 1.66. The van der Waals surface area contributed by atoms with Gasteiger partial charge in [-0.25, -0.2) is 0 Å². The minimum absolute atomic E-state index is 0.170. The summed E-state index contributed by atoms with van der Waals surface area (Å²) in [4.78, 5) is 14.9. The first kappa shape index (κ1) is 15.7. The summed E-state index contributed by atoms with van der Waals surface area (Å²) in [6, 6.07) is 16.2. The molecule has 0 spiro atoms. The van der Waals surface area contributed by atoms with Crippen LogP contribution in [0.2, 0.25) is 0 Å². The van der Waals surface area contributed by atoms with E-state index < -0.39 is 0 Å². The Bertz CT molecular complexity index is 862. The average Bonchev–Trinajstić information content (AvgIpc) is 2.78. The van der Waals surface area contributed by atoms with Crippen molar-refractivity contribution in [3.8, 4) is 5.75 Å². The normalized spacial score (nSPS) is 16.4. The molecule has 0 atom stereocenters. The summed E-state index contributed by atoms with van der Waals surface area (Å²) in [5.74, 6) is 0.997. The molecule has 1 aliphatic carbocycles. The molecule has 0 N–H and O–H groups in total. The number of rotatable bonds is 3.